The zero-order valence-electron chi connectivity index (χ0n) is 20.3. The minimum atomic E-state index is -1.00. The fourth-order valence-electron chi connectivity index (χ4n) is 6.40. The normalized spacial score (nSPS) is 31.2. The summed E-state index contributed by atoms with van der Waals surface area (Å²) >= 11 is 0. The van der Waals surface area contributed by atoms with Crippen LogP contribution in [0.4, 0.5) is 4.79 Å². The van der Waals surface area contributed by atoms with Gasteiger partial charge in [0.1, 0.15) is 0 Å². The first-order valence-electron chi connectivity index (χ1n) is 12.6. The maximum Gasteiger partial charge on any atom is 0.325 e. The lowest BCUT2D eigenvalue weighted by Crippen LogP contribution is -2.59. The summed E-state index contributed by atoms with van der Waals surface area (Å²) in [6.45, 7) is 6.08. The second-order valence-electron chi connectivity index (χ2n) is 10.7. The van der Waals surface area contributed by atoms with E-state index in [1.807, 2.05) is 6.08 Å². The number of carbonyl (C=O) groups excluding carboxylic acids is 2. The predicted molar refractivity (Wildman–Crippen MR) is 135 cm³/mol. The zero-order chi connectivity index (χ0) is 23.9. The van der Waals surface area contributed by atoms with Gasteiger partial charge < -0.3 is 5.32 Å². The summed E-state index contributed by atoms with van der Waals surface area (Å²) in [6.07, 6.45) is 12.0. The van der Waals surface area contributed by atoms with E-state index in [1.54, 1.807) is 13.1 Å². The topological polar surface area (TPSA) is 49.4 Å². The van der Waals surface area contributed by atoms with Crippen molar-refractivity contribution in [3.8, 4) is 11.8 Å². The van der Waals surface area contributed by atoms with Crippen LogP contribution in [0.25, 0.3) is 0 Å². The largest absolute Gasteiger partial charge is 0.325 e. The molecule has 0 bridgehead atoms. The van der Waals surface area contributed by atoms with Crippen LogP contribution in [0.2, 0.25) is 0 Å². The fraction of sp³-hybridized carbons (Fsp3) is 0.467. The lowest BCUT2D eigenvalue weighted by molar-refractivity contribution is -0.134. The van der Waals surface area contributed by atoms with Gasteiger partial charge in [-0.3, -0.25) is 9.69 Å². The lowest BCUT2D eigenvalue weighted by Gasteiger charge is -2.47. The molecule has 3 aliphatic carbocycles. The van der Waals surface area contributed by atoms with Crippen molar-refractivity contribution in [3.05, 3.63) is 71.3 Å². The molecule has 2 spiro atoms. The average molecular weight is 455 g/mol. The van der Waals surface area contributed by atoms with Crippen molar-refractivity contribution in [2.24, 2.45) is 17.3 Å². The Bertz CT molecular complexity index is 1140. The van der Waals surface area contributed by atoms with Crippen LogP contribution in [0.3, 0.4) is 0 Å². The van der Waals surface area contributed by atoms with Gasteiger partial charge in [-0.05, 0) is 81.4 Å². The van der Waals surface area contributed by atoms with Crippen molar-refractivity contribution in [3.63, 3.8) is 0 Å². The Hall–Kier alpha value is -3.06. The van der Waals surface area contributed by atoms with Crippen LogP contribution in [0.15, 0.2) is 65.8 Å². The van der Waals surface area contributed by atoms with Crippen molar-refractivity contribution >= 4 is 11.9 Å². The van der Waals surface area contributed by atoms with Crippen molar-refractivity contribution in [2.45, 2.75) is 63.8 Å². The molecule has 3 amide bonds. The first kappa shape index (κ1) is 22.7. The highest BCUT2D eigenvalue weighted by molar-refractivity contribution is 6.10. The second kappa shape index (κ2) is 8.62. The lowest BCUT2D eigenvalue weighted by atomic mass is 9.58. The SMILES string of the molecule is C=C/C(C#CC1CC1)=C\C1=C(C)CC2(CCC(Cc3ccccc3)CC2)C12NC(=O)N(C)C2=O. The molecular formula is C30H34N2O2. The Morgan fingerprint density at radius 1 is 1.18 bits per heavy atom. The summed E-state index contributed by atoms with van der Waals surface area (Å²) in [7, 11) is 1.59. The Labute approximate surface area is 203 Å². The molecule has 1 heterocycles. The van der Waals surface area contributed by atoms with Gasteiger partial charge in [0.2, 0.25) is 0 Å². The molecule has 1 aromatic rings. The van der Waals surface area contributed by atoms with E-state index in [0.29, 0.717) is 11.8 Å². The van der Waals surface area contributed by atoms with Crippen molar-refractivity contribution in [1.29, 1.82) is 0 Å². The number of fused-ring (bicyclic) bond motifs is 1. The van der Waals surface area contributed by atoms with E-state index in [-0.39, 0.29) is 17.4 Å². The molecule has 1 N–H and O–H groups in total. The Kier molecular flexibility index (Phi) is 5.76. The molecule has 1 unspecified atom stereocenters. The van der Waals surface area contributed by atoms with E-state index < -0.39 is 5.54 Å². The van der Waals surface area contributed by atoms with E-state index in [1.165, 1.54) is 16.0 Å². The number of allylic oxidation sites excluding steroid dienone is 3. The number of nitrogens with one attached hydrogen (secondary N) is 1. The average Bonchev–Trinajstić information content (AvgIpc) is 3.61. The number of nitrogens with zero attached hydrogens (tertiary/aromatic N) is 1. The maximum absolute atomic E-state index is 13.8. The summed E-state index contributed by atoms with van der Waals surface area (Å²) in [6, 6.07) is 10.4. The third-order valence-corrected chi connectivity index (χ3v) is 8.43. The van der Waals surface area contributed by atoms with Gasteiger partial charge in [0.05, 0.1) is 0 Å². The summed E-state index contributed by atoms with van der Waals surface area (Å²) in [5.41, 5.74) is 3.01. The standard InChI is InChI=1S/C30H34N2O2/c1-4-22(10-11-23-12-13-23)19-26-21(2)20-29(30(26)27(33)32(3)28(34)31-30)16-14-25(15-17-29)18-24-8-6-5-7-9-24/h4-9,19,23,25H,1,12-18,20H2,2-3H3,(H,31,34)/b22-19+. The highest BCUT2D eigenvalue weighted by atomic mass is 16.2. The smallest absolute Gasteiger partial charge is 0.319 e. The summed E-state index contributed by atoms with van der Waals surface area (Å²) in [5.74, 6) is 7.54. The molecule has 34 heavy (non-hydrogen) atoms. The number of carbonyl (C=O) groups is 2. The van der Waals surface area contributed by atoms with Crippen molar-refractivity contribution in [1.82, 2.24) is 10.2 Å². The number of hydrogen-bond acceptors (Lipinski definition) is 2. The molecule has 1 saturated heterocycles. The second-order valence-corrected chi connectivity index (χ2v) is 10.7. The van der Waals surface area contributed by atoms with Crippen LogP contribution in [0.1, 0.15) is 57.4 Å². The monoisotopic (exact) mass is 454 g/mol. The van der Waals surface area contributed by atoms with E-state index in [4.69, 9.17) is 0 Å². The van der Waals surface area contributed by atoms with Gasteiger partial charge >= 0.3 is 6.03 Å². The summed E-state index contributed by atoms with van der Waals surface area (Å²) in [5, 5.41) is 3.19. The Balaban J connectivity index is 1.47. The van der Waals surface area contributed by atoms with Crippen LogP contribution in [-0.2, 0) is 11.2 Å². The van der Waals surface area contributed by atoms with Gasteiger partial charge in [0.25, 0.3) is 5.91 Å². The van der Waals surface area contributed by atoms with E-state index in [9.17, 15) is 9.59 Å². The highest BCUT2D eigenvalue weighted by Gasteiger charge is 2.67. The van der Waals surface area contributed by atoms with Gasteiger partial charge in [-0.1, -0.05) is 60.4 Å². The third-order valence-electron chi connectivity index (χ3n) is 8.43. The van der Waals surface area contributed by atoms with Gasteiger partial charge in [-0.25, -0.2) is 4.79 Å². The van der Waals surface area contributed by atoms with Crippen LogP contribution in [0, 0.1) is 29.1 Å². The number of likely N-dealkylation sites (N-methyl/N-ethyl adjacent to an activating group) is 1. The molecule has 1 aromatic carbocycles. The number of hydrogen-bond donors (Lipinski definition) is 1. The molecule has 5 rings (SSSR count). The van der Waals surface area contributed by atoms with E-state index in [2.05, 4.69) is 61.0 Å². The van der Waals surface area contributed by atoms with Crippen LogP contribution < -0.4 is 5.32 Å². The third kappa shape index (κ3) is 3.72. The van der Waals surface area contributed by atoms with Crippen LogP contribution in [-0.4, -0.2) is 29.4 Å². The fourth-order valence-corrected chi connectivity index (χ4v) is 6.40. The van der Waals surface area contributed by atoms with Crippen LogP contribution >= 0.6 is 0 Å². The van der Waals surface area contributed by atoms with Crippen molar-refractivity contribution < 1.29 is 9.59 Å². The molecule has 1 aliphatic heterocycles. The molecule has 176 valence electrons. The molecule has 1 atom stereocenters. The summed E-state index contributed by atoms with van der Waals surface area (Å²) < 4.78 is 0. The number of urea groups is 1. The van der Waals surface area contributed by atoms with Crippen LogP contribution in [0.5, 0.6) is 0 Å². The quantitative estimate of drug-likeness (QED) is 0.367. The first-order chi connectivity index (χ1) is 16.4. The van der Waals surface area contributed by atoms with E-state index >= 15 is 0 Å². The van der Waals surface area contributed by atoms with E-state index in [0.717, 1.165) is 62.5 Å². The molecule has 0 aromatic heterocycles. The minimum absolute atomic E-state index is 0.124. The highest BCUT2D eigenvalue weighted by Crippen LogP contribution is 2.60. The van der Waals surface area contributed by atoms with Gasteiger partial charge in [0.15, 0.2) is 5.54 Å². The maximum atomic E-state index is 13.8. The number of rotatable bonds is 4. The number of amides is 3. The summed E-state index contributed by atoms with van der Waals surface area (Å²) in [4.78, 5) is 27.9. The molecule has 4 heteroatoms. The molecular weight excluding hydrogens is 420 g/mol. The van der Waals surface area contributed by atoms with Gasteiger partial charge in [-0.2, -0.15) is 0 Å². The van der Waals surface area contributed by atoms with Gasteiger partial charge in [0, 0.05) is 24.0 Å². The minimum Gasteiger partial charge on any atom is -0.319 e. The Morgan fingerprint density at radius 2 is 1.88 bits per heavy atom. The molecule has 3 fully saturated rings. The first-order valence-corrected chi connectivity index (χ1v) is 12.6. The number of imide groups is 1. The number of benzene rings is 1. The van der Waals surface area contributed by atoms with Crippen molar-refractivity contribution in [2.75, 3.05) is 7.05 Å². The molecule has 2 saturated carbocycles. The van der Waals surface area contributed by atoms with Gasteiger partial charge in [-0.15, -0.1) is 0 Å². The predicted octanol–water partition coefficient (Wildman–Crippen LogP) is 5.57. The molecule has 4 nitrogen and oxygen atoms in total. The molecule has 4 aliphatic rings. The molecule has 0 radical (unpaired) electrons. The Morgan fingerprint density at radius 3 is 2.47 bits per heavy atom. The zero-order valence-corrected chi connectivity index (χ0v) is 20.3.